The van der Waals surface area contributed by atoms with E-state index in [9.17, 15) is 9.90 Å². The average Bonchev–Trinajstić information content (AvgIpc) is 2.94. The topological polar surface area (TPSA) is 87.4 Å². The molecule has 0 fully saturated rings. The first kappa shape index (κ1) is 17.3. The number of aliphatic hydroxyl groups is 1. The number of benzene rings is 1. The first-order valence-electron chi connectivity index (χ1n) is 7.99. The highest BCUT2D eigenvalue weighted by molar-refractivity contribution is 5.91. The highest BCUT2D eigenvalue weighted by Gasteiger charge is 2.15. The molecule has 0 aliphatic heterocycles. The Bertz CT molecular complexity index is 664. The van der Waals surface area contributed by atoms with Crippen molar-refractivity contribution in [2.24, 2.45) is 5.41 Å². The molecule has 2 aromatic rings. The Morgan fingerprint density at radius 3 is 2.87 bits per heavy atom. The molecule has 0 spiro atoms. The molecule has 6 heteroatoms. The van der Waals surface area contributed by atoms with Gasteiger partial charge in [0.15, 0.2) is 11.5 Å². The Balaban J connectivity index is 1.83. The van der Waals surface area contributed by atoms with Gasteiger partial charge in [0.2, 0.25) is 0 Å². The van der Waals surface area contributed by atoms with Crippen molar-refractivity contribution in [3.05, 3.63) is 24.1 Å². The minimum Gasteiger partial charge on any atom is -0.441 e. The maximum Gasteiger partial charge on any atom is 0.319 e. The van der Waals surface area contributed by atoms with E-state index in [1.807, 2.05) is 20.8 Å². The maximum absolute atomic E-state index is 11.9. The number of aliphatic hydroxyl groups excluding tert-OH is 1. The third-order valence-electron chi connectivity index (χ3n) is 3.74. The number of carbonyl (C=O) groups is 1. The summed E-state index contributed by atoms with van der Waals surface area (Å²) in [5.74, 6) is 0.688. The fraction of sp³-hybridized carbons (Fsp3) is 0.529. The SMILES string of the molecule is CCc1nc2cc(NC(=O)NCCCC(C)(C)CO)ccc2o1. The number of hydrogen-bond donors (Lipinski definition) is 3. The monoisotopic (exact) mass is 319 g/mol. The van der Waals surface area contributed by atoms with Crippen molar-refractivity contribution in [2.45, 2.75) is 40.0 Å². The van der Waals surface area contributed by atoms with Gasteiger partial charge in [-0.05, 0) is 36.5 Å². The van der Waals surface area contributed by atoms with E-state index in [0.29, 0.717) is 18.1 Å². The molecular formula is C17H25N3O3. The summed E-state index contributed by atoms with van der Waals surface area (Å²) >= 11 is 0. The number of rotatable bonds is 7. The van der Waals surface area contributed by atoms with E-state index < -0.39 is 0 Å². The van der Waals surface area contributed by atoms with Crippen LogP contribution in [0.15, 0.2) is 22.6 Å². The lowest BCUT2D eigenvalue weighted by molar-refractivity contribution is 0.148. The fourth-order valence-corrected chi connectivity index (χ4v) is 2.23. The highest BCUT2D eigenvalue weighted by Crippen LogP contribution is 2.21. The van der Waals surface area contributed by atoms with Crippen LogP contribution in [-0.2, 0) is 6.42 Å². The molecule has 0 unspecified atom stereocenters. The van der Waals surface area contributed by atoms with Crippen molar-refractivity contribution in [1.82, 2.24) is 10.3 Å². The minimum atomic E-state index is -0.245. The summed E-state index contributed by atoms with van der Waals surface area (Å²) < 4.78 is 5.54. The number of urea groups is 1. The van der Waals surface area contributed by atoms with E-state index in [-0.39, 0.29) is 18.1 Å². The lowest BCUT2D eigenvalue weighted by Crippen LogP contribution is -2.30. The summed E-state index contributed by atoms with van der Waals surface area (Å²) in [7, 11) is 0. The molecule has 0 radical (unpaired) electrons. The second-order valence-corrected chi connectivity index (χ2v) is 6.45. The van der Waals surface area contributed by atoms with Crippen LogP contribution in [0.2, 0.25) is 0 Å². The van der Waals surface area contributed by atoms with Crippen molar-refractivity contribution < 1.29 is 14.3 Å². The number of amides is 2. The van der Waals surface area contributed by atoms with Gasteiger partial charge in [0.1, 0.15) is 5.52 Å². The molecular weight excluding hydrogens is 294 g/mol. The summed E-state index contributed by atoms with van der Waals surface area (Å²) in [6.45, 7) is 6.71. The quantitative estimate of drug-likeness (QED) is 0.683. The van der Waals surface area contributed by atoms with Gasteiger partial charge in [0.25, 0.3) is 0 Å². The zero-order chi connectivity index (χ0) is 16.9. The largest absolute Gasteiger partial charge is 0.441 e. The Morgan fingerprint density at radius 1 is 1.39 bits per heavy atom. The van der Waals surface area contributed by atoms with Crippen LogP contribution in [0.1, 0.15) is 39.5 Å². The van der Waals surface area contributed by atoms with Gasteiger partial charge in [0, 0.05) is 25.3 Å². The number of aromatic nitrogens is 1. The van der Waals surface area contributed by atoms with Gasteiger partial charge in [-0.1, -0.05) is 20.8 Å². The second-order valence-electron chi connectivity index (χ2n) is 6.45. The van der Waals surface area contributed by atoms with Crippen LogP contribution in [0, 0.1) is 5.41 Å². The van der Waals surface area contributed by atoms with E-state index >= 15 is 0 Å². The number of nitrogens with zero attached hydrogens (tertiary/aromatic N) is 1. The van der Waals surface area contributed by atoms with Crippen LogP contribution in [0.5, 0.6) is 0 Å². The van der Waals surface area contributed by atoms with Crippen molar-refractivity contribution in [3.63, 3.8) is 0 Å². The molecule has 1 aromatic carbocycles. The Kier molecular flexibility index (Phi) is 5.60. The van der Waals surface area contributed by atoms with Crippen molar-refractivity contribution in [2.75, 3.05) is 18.5 Å². The van der Waals surface area contributed by atoms with Gasteiger partial charge in [-0.15, -0.1) is 0 Å². The Morgan fingerprint density at radius 2 is 2.17 bits per heavy atom. The normalized spacial score (nSPS) is 11.7. The van der Waals surface area contributed by atoms with Crippen LogP contribution in [0.25, 0.3) is 11.1 Å². The van der Waals surface area contributed by atoms with E-state index in [2.05, 4.69) is 15.6 Å². The number of aryl methyl sites for hydroxylation is 1. The molecule has 1 aromatic heterocycles. The molecule has 2 rings (SSSR count). The van der Waals surface area contributed by atoms with Gasteiger partial charge >= 0.3 is 6.03 Å². The molecule has 23 heavy (non-hydrogen) atoms. The molecule has 0 aliphatic carbocycles. The van der Waals surface area contributed by atoms with Crippen LogP contribution >= 0.6 is 0 Å². The summed E-state index contributed by atoms with van der Waals surface area (Å²) in [6, 6.07) is 5.15. The second kappa shape index (κ2) is 7.46. The van der Waals surface area contributed by atoms with Crippen molar-refractivity contribution >= 4 is 22.8 Å². The molecule has 0 saturated carbocycles. The number of fused-ring (bicyclic) bond motifs is 1. The first-order chi connectivity index (χ1) is 10.9. The van der Waals surface area contributed by atoms with Gasteiger partial charge in [-0.2, -0.15) is 0 Å². The zero-order valence-corrected chi connectivity index (χ0v) is 14.0. The number of nitrogens with one attached hydrogen (secondary N) is 2. The number of anilines is 1. The molecule has 0 aliphatic rings. The average molecular weight is 319 g/mol. The van der Waals surface area contributed by atoms with E-state index in [4.69, 9.17) is 4.42 Å². The van der Waals surface area contributed by atoms with Crippen LogP contribution in [0.3, 0.4) is 0 Å². The fourth-order valence-electron chi connectivity index (χ4n) is 2.23. The lowest BCUT2D eigenvalue weighted by Gasteiger charge is -2.21. The van der Waals surface area contributed by atoms with E-state index in [1.165, 1.54) is 0 Å². The number of carbonyl (C=O) groups excluding carboxylic acids is 1. The first-order valence-corrected chi connectivity index (χ1v) is 7.99. The Hall–Kier alpha value is -2.08. The summed E-state index contributed by atoms with van der Waals surface area (Å²) in [5, 5.41) is 14.8. The number of oxazole rings is 1. The van der Waals surface area contributed by atoms with E-state index in [0.717, 1.165) is 30.4 Å². The van der Waals surface area contributed by atoms with Gasteiger partial charge in [-0.25, -0.2) is 9.78 Å². The lowest BCUT2D eigenvalue weighted by atomic mass is 9.89. The van der Waals surface area contributed by atoms with Crippen LogP contribution in [-0.4, -0.2) is 29.3 Å². The molecule has 0 atom stereocenters. The van der Waals surface area contributed by atoms with Gasteiger partial charge < -0.3 is 20.2 Å². The van der Waals surface area contributed by atoms with Crippen molar-refractivity contribution in [3.8, 4) is 0 Å². The summed E-state index contributed by atoms with van der Waals surface area (Å²) in [5.41, 5.74) is 2.04. The molecule has 1 heterocycles. The molecule has 2 amide bonds. The third kappa shape index (κ3) is 4.96. The zero-order valence-electron chi connectivity index (χ0n) is 14.0. The van der Waals surface area contributed by atoms with Crippen LogP contribution < -0.4 is 10.6 Å². The molecule has 6 nitrogen and oxygen atoms in total. The summed E-state index contributed by atoms with van der Waals surface area (Å²) in [6.07, 6.45) is 2.42. The highest BCUT2D eigenvalue weighted by atomic mass is 16.3. The number of hydrogen-bond acceptors (Lipinski definition) is 4. The predicted molar refractivity (Wildman–Crippen MR) is 90.5 cm³/mol. The smallest absolute Gasteiger partial charge is 0.319 e. The van der Waals surface area contributed by atoms with Crippen molar-refractivity contribution in [1.29, 1.82) is 0 Å². The molecule has 0 bridgehead atoms. The molecule has 0 saturated heterocycles. The van der Waals surface area contributed by atoms with Crippen LogP contribution in [0.4, 0.5) is 10.5 Å². The standard InChI is InChI=1S/C17H25N3O3/c1-4-15-20-13-10-12(6-7-14(13)23-15)19-16(22)18-9-5-8-17(2,3)11-21/h6-7,10,21H,4-5,8-9,11H2,1-3H3,(H2,18,19,22). The molecule has 3 N–H and O–H groups in total. The Labute approximate surface area is 136 Å². The van der Waals surface area contributed by atoms with Gasteiger partial charge in [-0.3, -0.25) is 0 Å². The third-order valence-corrected chi connectivity index (χ3v) is 3.74. The predicted octanol–water partition coefficient (Wildman–Crippen LogP) is 3.31. The molecule has 126 valence electrons. The van der Waals surface area contributed by atoms with Gasteiger partial charge in [0.05, 0.1) is 0 Å². The van der Waals surface area contributed by atoms with E-state index in [1.54, 1.807) is 18.2 Å². The summed E-state index contributed by atoms with van der Waals surface area (Å²) in [4.78, 5) is 16.2. The maximum atomic E-state index is 11.9. The minimum absolute atomic E-state index is 0.104.